The summed E-state index contributed by atoms with van der Waals surface area (Å²) in [6.45, 7) is 6.76. The number of aryl methyl sites for hydroxylation is 1. The first-order chi connectivity index (χ1) is 11.6. The van der Waals surface area contributed by atoms with Crippen LogP contribution in [0.15, 0.2) is 49.1 Å². The molecule has 0 spiro atoms. The number of carbonyl (C=O) groups is 1. The Hall–Kier alpha value is -2.53. The lowest BCUT2D eigenvalue weighted by Gasteiger charge is -2.13. The largest absolute Gasteiger partial charge is 0.496 e. The van der Waals surface area contributed by atoms with Crippen LogP contribution in [0.25, 0.3) is 10.2 Å². The van der Waals surface area contributed by atoms with Crippen molar-refractivity contribution in [3.8, 4) is 5.75 Å². The summed E-state index contributed by atoms with van der Waals surface area (Å²) in [5.74, 6) is 0.731. The van der Waals surface area contributed by atoms with E-state index in [0.29, 0.717) is 18.8 Å². The Morgan fingerprint density at radius 1 is 1.38 bits per heavy atom. The number of benzene rings is 1. The van der Waals surface area contributed by atoms with Gasteiger partial charge in [0.1, 0.15) is 11.4 Å². The quantitative estimate of drug-likeness (QED) is 0.690. The molecule has 2 aromatic heterocycles. The van der Waals surface area contributed by atoms with Gasteiger partial charge in [-0.15, -0.1) is 17.9 Å². The fourth-order valence-corrected chi connectivity index (χ4v) is 3.74. The van der Waals surface area contributed by atoms with Crippen LogP contribution in [0.2, 0.25) is 0 Å². The van der Waals surface area contributed by atoms with Gasteiger partial charge in [0.2, 0.25) is 0 Å². The molecular formula is C19H20N2O2S. The second-order valence-electron chi connectivity index (χ2n) is 5.53. The lowest BCUT2D eigenvalue weighted by atomic mass is 10.2. The SMILES string of the molecule is C=CCNC(=O)c1cc2sc(C)cc2n1Cc1ccccc1OC. The maximum absolute atomic E-state index is 12.5. The first kappa shape index (κ1) is 16.3. The van der Waals surface area contributed by atoms with Crippen molar-refractivity contribution in [3.63, 3.8) is 0 Å². The van der Waals surface area contributed by atoms with Gasteiger partial charge in [-0.3, -0.25) is 4.79 Å². The maximum atomic E-state index is 12.5. The minimum absolute atomic E-state index is 0.0918. The Labute approximate surface area is 145 Å². The lowest BCUT2D eigenvalue weighted by Crippen LogP contribution is -2.26. The molecule has 0 bridgehead atoms. The molecule has 3 aromatic rings. The number of amides is 1. The van der Waals surface area contributed by atoms with Crippen molar-refractivity contribution in [2.24, 2.45) is 0 Å². The molecule has 1 N–H and O–H groups in total. The Kier molecular flexibility index (Phi) is 4.71. The molecule has 0 saturated carbocycles. The number of aromatic nitrogens is 1. The number of para-hydroxylation sites is 1. The highest BCUT2D eigenvalue weighted by molar-refractivity contribution is 7.19. The summed E-state index contributed by atoms with van der Waals surface area (Å²) in [5, 5.41) is 2.86. The second kappa shape index (κ2) is 6.93. The highest BCUT2D eigenvalue weighted by atomic mass is 32.1. The van der Waals surface area contributed by atoms with Gasteiger partial charge in [0, 0.05) is 17.0 Å². The standard InChI is InChI=1S/C19H20N2O2S/c1-4-9-20-19(22)16-11-18-15(10-13(2)24-18)21(16)12-14-7-5-6-8-17(14)23-3/h4-8,10-11H,1,9,12H2,2-3H3,(H,20,22). The fraction of sp³-hybridized carbons (Fsp3) is 0.211. The van der Waals surface area contributed by atoms with Crippen LogP contribution < -0.4 is 10.1 Å². The zero-order valence-electron chi connectivity index (χ0n) is 13.8. The van der Waals surface area contributed by atoms with Crippen LogP contribution in [-0.4, -0.2) is 24.1 Å². The summed E-state index contributed by atoms with van der Waals surface area (Å²) in [5.41, 5.74) is 2.77. The molecule has 1 aromatic carbocycles. The summed E-state index contributed by atoms with van der Waals surface area (Å²) < 4.78 is 8.62. The van der Waals surface area contributed by atoms with E-state index in [0.717, 1.165) is 21.5 Å². The molecule has 0 unspecified atom stereocenters. The third kappa shape index (κ3) is 3.08. The van der Waals surface area contributed by atoms with Crippen molar-refractivity contribution in [3.05, 3.63) is 65.2 Å². The van der Waals surface area contributed by atoms with E-state index in [1.807, 2.05) is 30.3 Å². The Balaban J connectivity index is 2.06. The van der Waals surface area contributed by atoms with E-state index in [2.05, 4.69) is 29.5 Å². The highest BCUT2D eigenvalue weighted by Crippen LogP contribution is 2.30. The van der Waals surface area contributed by atoms with Gasteiger partial charge in [0.25, 0.3) is 5.91 Å². The van der Waals surface area contributed by atoms with Crippen molar-refractivity contribution in [1.29, 1.82) is 0 Å². The number of thiophene rings is 1. The van der Waals surface area contributed by atoms with Crippen LogP contribution >= 0.6 is 11.3 Å². The molecule has 0 aliphatic rings. The molecule has 124 valence electrons. The van der Waals surface area contributed by atoms with Crippen molar-refractivity contribution in [2.75, 3.05) is 13.7 Å². The number of nitrogens with zero attached hydrogens (tertiary/aromatic N) is 1. The zero-order chi connectivity index (χ0) is 17.1. The molecule has 2 heterocycles. The van der Waals surface area contributed by atoms with Gasteiger partial charge in [-0.2, -0.15) is 0 Å². The first-order valence-electron chi connectivity index (χ1n) is 7.74. The summed E-state index contributed by atoms with van der Waals surface area (Å²) in [7, 11) is 1.66. The van der Waals surface area contributed by atoms with E-state index in [9.17, 15) is 4.79 Å². The summed E-state index contributed by atoms with van der Waals surface area (Å²) in [6, 6.07) is 12.0. The number of fused-ring (bicyclic) bond motifs is 1. The van der Waals surface area contributed by atoms with E-state index >= 15 is 0 Å². The average molecular weight is 340 g/mol. The van der Waals surface area contributed by atoms with Gasteiger partial charge in [-0.1, -0.05) is 24.3 Å². The predicted octanol–water partition coefficient (Wildman–Crippen LogP) is 3.98. The van der Waals surface area contributed by atoms with Crippen molar-refractivity contribution in [2.45, 2.75) is 13.5 Å². The van der Waals surface area contributed by atoms with E-state index < -0.39 is 0 Å². The minimum Gasteiger partial charge on any atom is -0.496 e. The Bertz CT molecular complexity index is 892. The van der Waals surface area contributed by atoms with Gasteiger partial charge < -0.3 is 14.6 Å². The number of carbonyl (C=O) groups excluding carboxylic acids is 1. The number of hydrogen-bond donors (Lipinski definition) is 1. The minimum atomic E-state index is -0.0918. The summed E-state index contributed by atoms with van der Waals surface area (Å²) >= 11 is 1.70. The van der Waals surface area contributed by atoms with Crippen LogP contribution in [0.1, 0.15) is 20.9 Å². The van der Waals surface area contributed by atoms with Gasteiger partial charge in [0.15, 0.2) is 0 Å². The Morgan fingerprint density at radius 2 is 2.17 bits per heavy atom. The normalized spacial score (nSPS) is 10.8. The monoisotopic (exact) mass is 340 g/mol. The average Bonchev–Trinajstić information content (AvgIpc) is 3.10. The summed E-state index contributed by atoms with van der Waals surface area (Å²) in [6.07, 6.45) is 1.68. The molecule has 1 amide bonds. The van der Waals surface area contributed by atoms with E-state index in [1.165, 1.54) is 4.88 Å². The van der Waals surface area contributed by atoms with Crippen molar-refractivity contribution < 1.29 is 9.53 Å². The zero-order valence-corrected chi connectivity index (χ0v) is 14.7. The number of hydrogen-bond acceptors (Lipinski definition) is 3. The van der Waals surface area contributed by atoms with Crippen LogP contribution in [0.4, 0.5) is 0 Å². The third-order valence-electron chi connectivity index (χ3n) is 3.87. The molecule has 5 heteroatoms. The molecule has 3 rings (SSSR count). The molecule has 0 aliphatic carbocycles. The molecular weight excluding hydrogens is 320 g/mol. The Morgan fingerprint density at radius 3 is 2.92 bits per heavy atom. The maximum Gasteiger partial charge on any atom is 0.268 e. The molecule has 24 heavy (non-hydrogen) atoms. The van der Waals surface area contributed by atoms with Crippen molar-refractivity contribution >= 4 is 27.5 Å². The van der Waals surface area contributed by atoms with Gasteiger partial charge >= 0.3 is 0 Å². The smallest absolute Gasteiger partial charge is 0.268 e. The van der Waals surface area contributed by atoms with Crippen LogP contribution in [0.3, 0.4) is 0 Å². The molecule has 0 aliphatic heterocycles. The number of ether oxygens (including phenoxy) is 1. The number of rotatable bonds is 6. The van der Waals surface area contributed by atoms with E-state index in [1.54, 1.807) is 24.5 Å². The highest BCUT2D eigenvalue weighted by Gasteiger charge is 2.18. The first-order valence-corrected chi connectivity index (χ1v) is 8.56. The van der Waals surface area contributed by atoms with E-state index in [4.69, 9.17) is 4.74 Å². The lowest BCUT2D eigenvalue weighted by molar-refractivity contribution is 0.0949. The number of nitrogens with one attached hydrogen (secondary N) is 1. The van der Waals surface area contributed by atoms with E-state index in [-0.39, 0.29) is 5.91 Å². The topological polar surface area (TPSA) is 43.3 Å². The molecule has 0 fully saturated rings. The molecule has 0 saturated heterocycles. The fourth-order valence-electron chi connectivity index (χ4n) is 2.78. The van der Waals surface area contributed by atoms with Crippen LogP contribution in [0, 0.1) is 6.92 Å². The second-order valence-corrected chi connectivity index (χ2v) is 6.82. The molecule has 4 nitrogen and oxygen atoms in total. The number of methoxy groups -OCH3 is 1. The molecule has 0 radical (unpaired) electrons. The third-order valence-corrected chi connectivity index (χ3v) is 4.86. The van der Waals surface area contributed by atoms with Gasteiger partial charge in [-0.25, -0.2) is 0 Å². The van der Waals surface area contributed by atoms with Crippen LogP contribution in [0.5, 0.6) is 5.75 Å². The van der Waals surface area contributed by atoms with Crippen LogP contribution in [-0.2, 0) is 6.54 Å². The van der Waals surface area contributed by atoms with Gasteiger partial charge in [-0.05, 0) is 25.1 Å². The predicted molar refractivity (Wildman–Crippen MR) is 99.2 cm³/mol. The van der Waals surface area contributed by atoms with Crippen molar-refractivity contribution in [1.82, 2.24) is 9.88 Å². The molecule has 0 atom stereocenters. The van der Waals surface area contributed by atoms with Gasteiger partial charge in [0.05, 0.1) is 23.9 Å². The summed E-state index contributed by atoms with van der Waals surface area (Å²) in [4.78, 5) is 13.7.